The molecule has 240 valence electrons. The highest BCUT2D eigenvalue weighted by Gasteiger charge is 2.33. The molecule has 0 spiro atoms. The van der Waals surface area contributed by atoms with Gasteiger partial charge in [-0.15, -0.1) is 0 Å². The van der Waals surface area contributed by atoms with Crippen LogP contribution in [0.15, 0.2) is 24.3 Å². The molecule has 3 atom stereocenters. The Labute approximate surface area is 255 Å². The maximum atomic E-state index is 13.1. The molecule has 0 saturated carbocycles. The smallest absolute Gasteiger partial charge is 0.339 e. The summed E-state index contributed by atoms with van der Waals surface area (Å²) < 4.78 is 26.9. The Hall–Kier alpha value is -4.07. The van der Waals surface area contributed by atoms with E-state index in [9.17, 15) is 24.6 Å². The molecule has 0 bridgehead atoms. The summed E-state index contributed by atoms with van der Waals surface area (Å²) in [4.78, 5) is 40.1. The molecule has 2 unspecified atom stereocenters. The Balaban J connectivity index is 1.41. The molecule has 3 N–H and O–H groups in total. The molecule has 0 fully saturated rings. The number of aliphatic hydroxyl groups is 2. The van der Waals surface area contributed by atoms with E-state index in [4.69, 9.17) is 28.8 Å². The van der Waals surface area contributed by atoms with Crippen molar-refractivity contribution in [2.24, 2.45) is 0 Å². The van der Waals surface area contributed by atoms with Crippen LogP contribution in [0.2, 0.25) is 0 Å². The van der Waals surface area contributed by atoms with Crippen molar-refractivity contribution < 1.29 is 53.4 Å². The number of nitrogens with zero attached hydrogens (tertiary/aromatic N) is 2. The highest BCUT2D eigenvalue weighted by molar-refractivity contribution is 5.84. The van der Waals surface area contributed by atoms with E-state index in [0.29, 0.717) is 62.0 Å². The third kappa shape index (κ3) is 7.34. The van der Waals surface area contributed by atoms with E-state index in [-0.39, 0.29) is 25.0 Å². The first kappa shape index (κ1) is 32.8. The van der Waals surface area contributed by atoms with Gasteiger partial charge in [-0.25, -0.2) is 9.59 Å². The van der Waals surface area contributed by atoms with Crippen LogP contribution in [-0.2, 0) is 38.4 Å². The van der Waals surface area contributed by atoms with E-state index in [2.05, 4.69) is 0 Å². The number of carbonyl (C=O) groups excluding carboxylic acids is 2. The molecule has 2 aliphatic rings. The van der Waals surface area contributed by atoms with Gasteiger partial charge in [-0.2, -0.15) is 0 Å². The van der Waals surface area contributed by atoms with Crippen molar-refractivity contribution in [1.29, 1.82) is 0 Å². The Kier molecular flexibility index (Phi) is 10.9. The molecule has 1 aliphatic carbocycles. The number of esters is 1. The zero-order valence-electron chi connectivity index (χ0n) is 25.4. The minimum Gasteiger partial charge on any atom is -0.493 e. The molecular formula is C31H40N2O11. The third-order valence-electron chi connectivity index (χ3n) is 8.17. The number of hydrogen-bond acceptors (Lipinski definition) is 11. The molecule has 2 aromatic rings. The molecule has 1 aliphatic heterocycles. The van der Waals surface area contributed by atoms with Gasteiger partial charge in [0, 0.05) is 32.1 Å². The second-order valence-electron chi connectivity index (χ2n) is 10.8. The highest BCUT2D eigenvalue weighted by atomic mass is 16.6. The fraction of sp³-hybridized carbons (Fsp3) is 0.516. The minimum atomic E-state index is -2.30. The average molecular weight is 617 g/mol. The van der Waals surface area contributed by atoms with Crippen LogP contribution in [0.4, 0.5) is 0 Å². The van der Waals surface area contributed by atoms with Gasteiger partial charge >= 0.3 is 11.9 Å². The van der Waals surface area contributed by atoms with E-state index in [1.165, 1.54) is 0 Å². The number of rotatable bonds is 15. The average Bonchev–Trinajstić information content (AvgIpc) is 3.17. The van der Waals surface area contributed by atoms with Crippen LogP contribution in [0.3, 0.4) is 0 Å². The number of benzene rings is 2. The maximum Gasteiger partial charge on any atom is 0.339 e. The molecular weight excluding hydrogens is 576 g/mol. The number of methoxy groups -OCH3 is 4. The predicted octanol–water partition coefficient (Wildman–Crippen LogP) is 0.987. The number of carboxylic acids is 1. The number of fused-ring (bicyclic) bond motifs is 2. The highest BCUT2D eigenvalue weighted by Crippen LogP contribution is 2.42. The summed E-state index contributed by atoms with van der Waals surface area (Å²) in [6.07, 6.45) is -2.28. The molecule has 0 saturated heterocycles. The van der Waals surface area contributed by atoms with Crippen molar-refractivity contribution in [3.63, 3.8) is 0 Å². The van der Waals surface area contributed by atoms with Crippen LogP contribution in [0.5, 0.6) is 23.0 Å². The second kappa shape index (κ2) is 14.6. The monoisotopic (exact) mass is 616 g/mol. The summed E-state index contributed by atoms with van der Waals surface area (Å²) in [5.41, 5.74) is 4.13. The predicted molar refractivity (Wildman–Crippen MR) is 156 cm³/mol. The van der Waals surface area contributed by atoms with E-state index < -0.39 is 24.1 Å². The van der Waals surface area contributed by atoms with Gasteiger partial charge in [0.2, 0.25) is 5.91 Å². The van der Waals surface area contributed by atoms with Crippen LogP contribution in [-0.4, -0.2) is 117 Å². The summed E-state index contributed by atoms with van der Waals surface area (Å²) in [5, 5.41) is 28.3. The Morgan fingerprint density at radius 1 is 0.909 bits per heavy atom. The first-order valence-electron chi connectivity index (χ1n) is 14.3. The topological polar surface area (TPSA) is 165 Å². The summed E-state index contributed by atoms with van der Waals surface area (Å²) in [7, 11) is 6.28. The Morgan fingerprint density at radius 2 is 1.50 bits per heavy atom. The minimum absolute atomic E-state index is 0.00584. The molecule has 0 aromatic heterocycles. The second-order valence-corrected chi connectivity index (χ2v) is 10.8. The lowest BCUT2D eigenvalue weighted by molar-refractivity contribution is -0.173. The van der Waals surface area contributed by atoms with Crippen LogP contribution < -0.4 is 18.9 Å². The largest absolute Gasteiger partial charge is 0.493 e. The lowest BCUT2D eigenvalue weighted by Gasteiger charge is -2.35. The summed E-state index contributed by atoms with van der Waals surface area (Å²) >= 11 is 0. The molecule has 1 heterocycles. The number of aliphatic carboxylic acids is 1. The maximum absolute atomic E-state index is 13.1. The van der Waals surface area contributed by atoms with Crippen LogP contribution in [0.1, 0.15) is 34.6 Å². The number of hydrogen-bond donors (Lipinski definition) is 3. The standard InChI is InChI=1S/C31H40N2O11/c1-40-23-11-18-6-9-33(27(34)14-19(18)12-24(23)41-2)8-5-7-32(17-44-31(39)29(36)28(35)30(37)38)16-21-10-20-13-25(42-3)26(43-4)15-22(20)21/h11-13,15,21,28-29,35-36H,5-10,14,16-17H2,1-4H3,(H,37,38)/t21-,28?,29?/m1/s1. The summed E-state index contributed by atoms with van der Waals surface area (Å²) in [5.74, 6) is -0.442. The summed E-state index contributed by atoms with van der Waals surface area (Å²) in [6.45, 7) is 1.71. The molecule has 0 radical (unpaired) electrons. The van der Waals surface area contributed by atoms with Gasteiger partial charge in [0.1, 0.15) is 6.73 Å². The van der Waals surface area contributed by atoms with E-state index in [1.807, 2.05) is 34.1 Å². The molecule has 13 heteroatoms. The SMILES string of the molecule is COc1cc2c(cc1OC)CC(=O)N(CCCN(COC(=O)C(O)C(O)C(=O)O)C[C@H]1Cc3cc(OC)c(OC)cc31)CC2. The molecule has 44 heavy (non-hydrogen) atoms. The normalized spacial score (nSPS) is 17.0. The molecule has 1 amide bonds. The van der Waals surface area contributed by atoms with Gasteiger partial charge in [0.25, 0.3) is 0 Å². The Morgan fingerprint density at radius 3 is 2.11 bits per heavy atom. The number of ether oxygens (including phenoxy) is 5. The van der Waals surface area contributed by atoms with Crippen molar-refractivity contribution in [3.05, 3.63) is 46.5 Å². The van der Waals surface area contributed by atoms with Gasteiger partial charge in [-0.3, -0.25) is 9.69 Å². The van der Waals surface area contributed by atoms with Gasteiger partial charge < -0.3 is 43.9 Å². The van der Waals surface area contributed by atoms with Crippen molar-refractivity contribution in [1.82, 2.24) is 9.80 Å². The number of carboxylic acid groups (broad SMARTS) is 1. The van der Waals surface area contributed by atoms with Crippen molar-refractivity contribution >= 4 is 17.8 Å². The van der Waals surface area contributed by atoms with E-state index in [1.54, 1.807) is 28.4 Å². The summed E-state index contributed by atoms with van der Waals surface area (Å²) in [6, 6.07) is 7.63. The van der Waals surface area contributed by atoms with Gasteiger partial charge in [-0.05, 0) is 65.8 Å². The van der Waals surface area contributed by atoms with Crippen LogP contribution in [0, 0.1) is 0 Å². The van der Waals surface area contributed by atoms with Gasteiger partial charge in [0.05, 0.1) is 34.9 Å². The molecule has 4 rings (SSSR count). The van der Waals surface area contributed by atoms with Crippen LogP contribution in [0.25, 0.3) is 0 Å². The quantitative estimate of drug-likeness (QED) is 0.192. The van der Waals surface area contributed by atoms with Crippen molar-refractivity contribution in [3.8, 4) is 23.0 Å². The van der Waals surface area contributed by atoms with Crippen LogP contribution >= 0.6 is 0 Å². The van der Waals surface area contributed by atoms with E-state index in [0.717, 1.165) is 28.7 Å². The van der Waals surface area contributed by atoms with Gasteiger partial charge in [0.15, 0.2) is 35.2 Å². The number of amides is 1. The van der Waals surface area contributed by atoms with Crippen molar-refractivity contribution in [2.75, 3.05) is 61.3 Å². The Bertz CT molecular complexity index is 1360. The molecule has 13 nitrogen and oxygen atoms in total. The number of carbonyl (C=O) groups is 3. The van der Waals surface area contributed by atoms with Gasteiger partial charge in [-0.1, -0.05) is 0 Å². The van der Waals surface area contributed by atoms with Crippen molar-refractivity contribution in [2.45, 2.75) is 43.8 Å². The lowest BCUT2D eigenvalue weighted by Crippen LogP contribution is -2.43. The fourth-order valence-corrected chi connectivity index (χ4v) is 5.66. The zero-order chi connectivity index (χ0) is 32.0. The first-order valence-corrected chi connectivity index (χ1v) is 14.3. The zero-order valence-corrected chi connectivity index (χ0v) is 25.4. The third-order valence-corrected chi connectivity index (χ3v) is 8.17. The fourth-order valence-electron chi connectivity index (χ4n) is 5.66. The lowest BCUT2D eigenvalue weighted by atomic mass is 9.77. The number of aliphatic hydroxyl groups excluding tert-OH is 2. The first-order chi connectivity index (χ1) is 21.1. The van der Waals surface area contributed by atoms with E-state index >= 15 is 0 Å². The molecule has 2 aromatic carbocycles.